The van der Waals surface area contributed by atoms with E-state index in [1.54, 1.807) is 0 Å². The predicted molar refractivity (Wildman–Crippen MR) is 75.6 cm³/mol. The van der Waals surface area contributed by atoms with Gasteiger partial charge in [-0.2, -0.15) is 79.0 Å². The van der Waals surface area contributed by atoms with Crippen LogP contribution in [0.5, 0.6) is 0 Å². The summed E-state index contributed by atoms with van der Waals surface area (Å²) < 4.78 is 203. The van der Waals surface area contributed by atoms with E-state index in [-0.39, 0.29) is 37.3 Å². The van der Waals surface area contributed by atoms with Crippen LogP contribution < -0.4 is 15.3 Å². The van der Waals surface area contributed by atoms with Crippen molar-refractivity contribution in [2.45, 2.75) is 37.1 Å². The standard InChI is InChI=1S/3C5H2F6O2.Er/c3*6-4(7,8)2(12)1-3(13)5(9,10)11;/h3*1,12H;/p-3/b3*2-1-;. The number of allylic oxidation sites excluding steroid dienone is 6. The Balaban J connectivity index is -0.000000240. The molecule has 0 aromatic carbocycles. The molecule has 0 atom stereocenters. The van der Waals surface area contributed by atoms with Crippen molar-refractivity contribution >= 4 is 17.3 Å². The first kappa shape index (κ1) is 44.6. The molecule has 0 amide bonds. The van der Waals surface area contributed by atoms with Gasteiger partial charge in [-0.1, -0.05) is 0 Å². The normalized spacial score (nSPS) is 14.1. The molecule has 0 aliphatic rings. The summed E-state index contributed by atoms with van der Waals surface area (Å²) in [6.45, 7) is 0. The van der Waals surface area contributed by atoms with E-state index in [0.29, 0.717) is 0 Å². The van der Waals surface area contributed by atoms with Crippen molar-refractivity contribution < 1.29 is 146 Å². The fraction of sp³-hybridized carbons (Fsp3) is 0.400. The Kier molecular flexibility index (Phi) is 17.4. The van der Waals surface area contributed by atoms with E-state index in [4.69, 9.17) is 0 Å². The SMILES string of the molecule is O=C(/C=C(\[O-])C(F)(F)F)C(F)(F)F.O=C(/C=C(\[O-])C(F)(F)F)C(F)(F)F.O=C(/C=C(\[O-])C(F)(F)F)C(F)(F)F.[Er]. The number of hydrogen-bond donors (Lipinski definition) is 0. The monoisotopic (exact) mass is 787 g/mol. The zero-order valence-corrected chi connectivity index (χ0v) is 19.1. The van der Waals surface area contributed by atoms with Gasteiger partial charge in [0.05, 0.1) is 0 Å². The fourth-order valence-corrected chi connectivity index (χ4v) is 0.848. The topological polar surface area (TPSA) is 120 Å². The number of ketones is 3. The third-order valence-electron chi connectivity index (χ3n) is 2.46. The van der Waals surface area contributed by atoms with Crippen LogP contribution in [0.4, 0.5) is 79.0 Å². The molecular weight excluding hydrogens is 785 g/mol. The predicted octanol–water partition coefficient (Wildman–Crippen LogP) is 2.77. The van der Waals surface area contributed by atoms with Crippen LogP contribution in [-0.4, -0.2) is 54.4 Å². The number of carbonyl (C=O) groups is 3. The van der Waals surface area contributed by atoms with Gasteiger partial charge in [-0.05, 0) is 35.5 Å². The first-order valence-electron chi connectivity index (χ1n) is 7.86. The molecule has 0 rings (SSSR count). The quantitative estimate of drug-likeness (QED) is 0.247. The van der Waals surface area contributed by atoms with Crippen LogP contribution in [0.15, 0.2) is 35.5 Å². The average molecular weight is 788 g/mol. The molecule has 0 fully saturated rings. The van der Waals surface area contributed by atoms with Gasteiger partial charge in [0.15, 0.2) is 0 Å². The molecular formula is C15H3ErF18O6-3. The van der Waals surface area contributed by atoms with Gasteiger partial charge >= 0.3 is 37.1 Å². The van der Waals surface area contributed by atoms with Crippen molar-refractivity contribution in [3.63, 3.8) is 0 Å². The maximum absolute atomic E-state index is 11.3. The van der Waals surface area contributed by atoms with Crippen molar-refractivity contribution in [1.82, 2.24) is 0 Å². The van der Waals surface area contributed by atoms with Gasteiger partial charge in [0, 0.05) is 37.3 Å². The molecule has 0 aliphatic carbocycles. The summed E-state index contributed by atoms with van der Waals surface area (Å²) in [5.41, 5.74) is 0. The summed E-state index contributed by atoms with van der Waals surface area (Å²) in [5.74, 6) is -16.9. The summed E-state index contributed by atoms with van der Waals surface area (Å²) in [4.78, 5) is 29.5. The molecule has 0 bridgehead atoms. The minimum atomic E-state index is -5.46. The summed E-state index contributed by atoms with van der Waals surface area (Å²) >= 11 is 0. The first-order chi connectivity index (χ1) is 16.6. The summed E-state index contributed by atoms with van der Waals surface area (Å²) in [5, 5.41) is 29.5. The van der Waals surface area contributed by atoms with Crippen molar-refractivity contribution in [1.29, 1.82) is 0 Å². The van der Waals surface area contributed by atoms with Crippen molar-refractivity contribution in [2.75, 3.05) is 0 Å². The molecule has 240 valence electrons. The van der Waals surface area contributed by atoms with E-state index < -0.39 is 89.9 Å². The largest absolute Gasteiger partial charge is 0.869 e. The second-order valence-corrected chi connectivity index (χ2v) is 5.61. The van der Waals surface area contributed by atoms with E-state index in [2.05, 4.69) is 0 Å². The third-order valence-corrected chi connectivity index (χ3v) is 2.46. The van der Waals surface area contributed by atoms with Gasteiger partial charge in [0.25, 0.3) is 17.3 Å². The van der Waals surface area contributed by atoms with E-state index in [1.807, 2.05) is 0 Å². The van der Waals surface area contributed by atoms with Crippen LogP contribution in [-0.2, 0) is 14.4 Å². The number of alkyl halides is 18. The van der Waals surface area contributed by atoms with E-state index in [9.17, 15) is 109 Å². The van der Waals surface area contributed by atoms with E-state index in [0.717, 1.165) is 0 Å². The maximum Gasteiger partial charge on any atom is 0.454 e. The molecule has 0 aliphatic heterocycles. The van der Waals surface area contributed by atoms with Crippen LogP contribution in [0.2, 0.25) is 0 Å². The third kappa shape index (κ3) is 20.5. The average Bonchev–Trinajstić information content (AvgIpc) is 2.64. The summed E-state index contributed by atoms with van der Waals surface area (Å²) in [6.07, 6.45) is -35.8. The zero-order chi connectivity index (χ0) is 32.6. The zero-order valence-electron chi connectivity index (χ0n) is 17.3. The van der Waals surface area contributed by atoms with Gasteiger partial charge in [-0.15, -0.1) is 0 Å². The number of hydrogen-bond acceptors (Lipinski definition) is 6. The Labute approximate surface area is 235 Å². The molecule has 6 nitrogen and oxygen atoms in total. The molecule has 25 heteroatoms. The van der Waals surface area contributed by atoms with Gasteiger partial charge in [-0.25, -0.2) is 0 Å². The Hall–Kier alpha value is -2.38. The molecule has 0 spiro atoms. The van der Waals surface area contributed by atoms with Gasteiger partial charge in [-0.3, -0.25) is 14.4 Å². The Bertz CT molecular complexity index is 834. The van der Waals surface area contributed by atoms with Crippen LogP contribution >= 0.6 is 0 Å². The van der Waals surface area contributed by atoms with Gasteiger partial charge in [0.1, 0.15) is 0 Å². The van der Waals surface area contributed by atoms with Crippen molar-refractivity contribution in [2.24, 2.45) is 0 Å². The first-order valence-corrected chi connectivity index (χ1v) is 7.86. The second-order valence-electron chi connectivity index (χ2n) is 5.61. The van der Waals surface area contributed by atoms with Gasteiger partial charge in [0.2, 0.25) is 0 Å². The summed E-state index contributed by atoms with van der Waals surface area (Å²) in [6, 6.07) is 0. The Morgan fingerprint density at radius 2 is 0.475 bits per heavy atom. The molecule has 0 radical (unpaired) electrons. The molecule has 0 unspecified atom stereocenters. The van der Waals surface area contributed by atoms with Crippen molar-refractivity contribution in [3.8, 4) is 0 Å². The molecule has 0 aromatic rings. The maximum atomic E-state index is 11.3. The molecule has 0 heterocycles. The summed E-state index contributed by atoms with van der Waals surface area (Å²) in [7, 11) is 0. The second kappa shape index (κ2) is 15.6. The fourth-order valence-electron chi connectivity index (χ4n) is 0.848. The van der Waals surface area contributed by atoms with Crippen LogP contribution in [0.1, 0.15) is 0 Å². The van der Waals surface area contributed by atoms with Crippen LogP contribution in [0.3, 0.4) is 0 Å². The molecule has 0 saturated heterocycles. The van der Waals surface area contributed by atoms with E-state index >= 15 is 0 Å². The van der Waals surface area contributed by atoms with Gasteiger partial charge < -0.3 is 15.3 Å². The van der Waals surface area contributed by atoms with Crippen LogP contribution in [0, 0.1) is 37.3 Å². The minimum absolute atomic E-state index is 0. The Morgan fingerprint density at radius 1 is 0.350 bits per heavy atom. The van der Waals surface area contributed by atoms with Crippen LogP contribution in [0.25, 0.3) is 0 Å². The molecule has 40 heavy (non-hydrogen) atoms. The smallest absolute Gasteiger partial charge is 0.454 e. The molecule has 0 saturated carbocycles. The number of rotatable bonds is 3. The minimum Gasteiger partial charge on any atom is -0.869 e. The Morgan fingerprint density at radius 3 is 0.550 bits per heavy atom. The molecule has 0 aromatic heterocycles. The van der Waals surface area contributed by atoms with Crippen molar-refractivity contribution in [3.05, 3.63) is 35.5 Å². The number of carbonyl (C=O) groups excluding carboxylic acids is 3. The van der Waals surface area contributed by atoms with E-state index in [1.165, 1.54) is 0 Å². The molecule has 0 N–H and O–H groups in total. The number of halogens is 18.